The molecule has 2 N–H and O–H groups in total. The zero-order valence-electron chi connectivity index (χ0n) is 13.6. The number of benzene rings is 1. The molecule has 0 bridgehead atoms. The quantitative estimate of drug-likeness (QED) is 0.752. The Balaban J connectivity index is 1.74. The molecule has 5 nitrogen and oxygen atoms in total. The average Bonchev–Trinajstić information content (AvgIpc) is 2.59. The van der Waals surface area contributed by atoms with Crippen LogP contribution in [0, 0.1) is 0 Å². The molecule has 0 atom stereocenters. The summed E-state index contributed by atoms with van der Waals surface area (Å²) in [4.78, 5) is 15.6. The van der Waals surface area contributed by atoms with Crippen LogP contribution in [0.5, 0.6) is 5.75 Å². The number of amides is 1. The molecule has 1 aromatic heterocycles. The van der Waals surface area contributed by atoms with Crippen LogP contribution in [-0.2, 0) is 17.4 Å². The summed E-state index contributed by atoms with van der Waals surface area (Å²) in [5.41, 5.74) is -0.0250. The fourth-order valence-electron chi connectivity index (χ4n) is 2.14. The number of nitrogens with zero attached hydrogens (tertiary/aromatic N) is 1. The van der Waals surface area contributed by atoms with Gasteiger partial charge in [-0.2, -0.15) is 13.2 Å². The first-order chi connectivity index (χ1) is 11.9. The molecule has 1 amide bonds. The van der Waals surface area contributed by atoms with Crippen molar-refractivity contribution in [3.63, 3.8) is 0 Å². The summed E-state index contributed by atoms with van der Waals surface area (Å²) in [6.07, 6.45) is -3.46. The molecule has 2 rings (SSSR count). The number of nitrogens with one attached hydrogen (secondary N) is 2. The molecular weight excluding hydrogens is 335 g/mol. The van der Waals surface area contributed by atoms with Crippen molar-refractivity contribution < 1.29 is 22.7 Å². The molecule has 134 valence electrons. The second-order valence-electron chi connectivity index (χ2n) is 5.20. The van der Waals surface area contributed by atoms with Crippen LogP contribution in [0.4, 0.5) is 19.0 Å². The Bertz CT molecular complexity index is 703. The Hall–Kier alpha value is -2.77. The largest absolute Gasteiger partial charge is 0.496 e. The number of hydrogen-bond donors (Lipinski definition) is 2. The number of para-hydroxylation sites is 1. The fourth-order valence-corrected chi connectivity index (χ4v) is 2.14. The Morgan fingerprint density at radius 3 is 2.56 bits per heavy atom. The highest BCUT2D eigenvalue weighted by atomic mass is 19.4. The minimum Gasteiger partial charge on any atom is -0.496 e. The second kappa shape index (κ2) is 8.36. The van der Waals surface area contributed by atoms with Gasteiger partial charge in [0, 0.05) is 24.8 Å². The Morgan fingerprint density at radius 1 is 1.16 bits per heavy atom. The SMILES string of the molecule is COc1ccccc1CC(=O)NCCNc1ccc(C(F)(F)F)cn1. The van der Waals surface area contributed by atoms with Crippen molar-refractivity contribution in [1.29, 1.82) is 0 Å². The van der Waals surface area contributed by atoms with Crippen molar-refractivity contribution in [2.75, 3.05) is 25.5 Å². The highest BCUT2D eigenvalue weighted by Crippen LogP contribution is 2.28. The van der Waals surface area contributed by atoms with Crippen LogP contribution in [-0.4, -0.2) is 31.1 Å². The maximum absolute atomic E-state index is 12.4. The van der Waals surface area contributed by atoms with E-state index in [1.54, 1.807) is 6.07 Å². The predicted molar refractivity (Wildman–Crippen MR) is 87.4 cm³/mol. The minimum absolute atomic E-state index is 0.174. The molecule has 2 aromatic rings. The number of aromatic nitrogens is 1. The fraction of sp³-hybridized carbons (Fsp3) is 0.294. The zero-order chi connectivity index (χ0) is 18.3. The molecule has 0 fully saturated rings. The summed E-state index contributed by atoms with van der Waals surface area (Å²) in [5.74, 6) is 0.781. The first-order valence-corrected chi connectivity index (χ1v) is 7.56. The first-order valence-electron chi connectivity index (χ1n) is 7.56. The average molecular weight is 353 g/mol. The van der Waals surface area contributed by atoms with Crippen molar-refractivity contribution in [3.05, 3.63) is 53.7 Å². The van der Waals surface area contributed by atoms with E-state index in [2.05, 4.69) is 15.6 Å². The number of carbonyl (C=O) groups excluding carboxylic acids is 1. The van der Waals surface area contributed by atoms with Gasteiger partial charge in [-0.25, -0.2) is 4.98 Å². The monoisotopic (exact) mass is 353 g/mol. The van der Waals surface area contributed by atoms with Gasteiger partial charge < -0.3 is 15.4 Å². The maximum Gasteiger partial charge on any atom is 0.417 e. The number of hydrogen-bond acceptors (Lipinski definition) is 4. The summed E-state index contributed by atoms with van der Waals surface area (Å²) >= 11 is 0. The maximum atomic E-state index is 12.4. The van der Waals surface area contributed by atoms with Crippen molar-refractivity contribution in [2.45, 2.75) is 12.6 Å². The van der Waals surface area contributed by atoms with Gasteiger partial charge in [-0.05, 0) is 18.2 Å². The van der Waals surface area contributed by atoms with E-state index in [1.807, 2.05) is 18.2 Å². The third-order valence-corrected chi connectivity index (χ3v) is 3.39. The zero-order valence-corrected chi connectivity index (χ0v) is 13.6. The summed E-state index contributed by atoms with van der Waals surface area (Å²) in [7, 11) is 1.54. The van der Waals surface area contributed by atoms with Gasteiger partial charge in [0.2, 0.25) is 5.91 Å². The Kier molecular flexibility index (Phi) is 6.21. The van der Waals surface area contributed by atoms with Gasteiger partial charge in [-0.3, -0.25) is 4.79 Å². The van der Waals surface area contributed by atoms with Crippen LogP contribution in [0.3, 0.4) is 0 Å². The smallest absolute Gasteiger partial charge is 0.417 e. The number of ether oxygens (including phenoxy) is 1. The van der Waals surface area contributed by atoms with Crippen LogP contribution < -0.4 is 15.4 Å². The molecule has 0 aliphatic rings. The number of methoxy groups -OCH3 is 1. The van der Waals surface area contributed by atoms with E-state index in [9.17, 15) is 18.0 Å². The lowest BCUT2D eigenvalue weighted by Crippen LogP contribution is -2.30. The van der Waals surface area contributed by atoms with E-state index in [4.69, 9.17) is 4.74 Å². The highest BCUT2D eigenvalue weighted by Gasteiger charge is 2.30. The molecule has 25 heavy (non-hydrogen) atoms. The molecule has 1 heterocycles. The second-order valence-corrected chi connectivity index (χ2v) is 5.20. The standard InChI is InChI=1S/C17H18F3N3O2/c1-25-14-5-3-2-4-12(14)10-16(24)22-9-8-21-15-7-6-13(11-23-15)17(18,19)20/h2-7,11H,8-10H2,1H3,(H,21,23)(H,22,24). The molecular formula is C17H18F3N3O2. The third-order valence-electron chi connectivity index (χ3n) is 3.39. The van der Waals surface area contributed by atoms with E-state index in [0.717, 1.165) is 17.8 Å². The van der Waals surface area contributed by atoms with Crippen LogP contribution in [0.15, 0.2) is 42.6 Å². The van der Waals surface area contributed by atoms with Crippen LogP contribution >= 0.6 is 0 Å². The summed E-state index contributed by atoms with van der Waals surface area (Å²) in [6, 6.07) is 9.43. The molecule has 0 aliphatic heterocycles. The summed E-state index contributed by atoms with van der Waals surface area (Å²) in [5, 5.41) is 5.57. The number of alkyl halides is 3. The lowest BCUT2D eigenvalue weighted by atomic mass is 10.1. The summed E-state index contributed by atoms with van der Waals surface area (Å²) in [6.45, 7) is 0.659. The highest BCUT2D eigenvalue weighted by molar-refractivity contribution is 5.79. The van der Waals surface area contributed by atoms with Crippen molar-refractivity contribution in [3.8, 4) is 5.75 Å². The lowest BCUT2D eigenvalue weighted by molar-refractivity contribution is -0.137. The molecule has 1 aromatic carbocycles. The third kappa shape index (κ3) is 5.66. The molecule has 0 saturated carbocycles. The molecule has 8 heteroatoms. The first kappa shape index (κ1) is 18.6. The van der Waals surface area contributed by atoms with Crippen LogP contribution in [0.1, 0.15) is 11.1 Å². The van der Waals surface area contributed by atoms with E-state index in [0.29, 0.717) is 24.7 Å². The van der Waals surface area contributed by atoms with Gasteiger partial charge in [0.1, 0.15) is 11.6 Å². The van der Waals surface area contributed by atoms with Crippen LogP contribution in [0.2, 0.25) is 0 Å². The molecule has 0 unspecified atom stereocenters. The van der Waals surface area contributed by atoms with E-state index in [-0.39, 0.29) is 12.3 Å². The predicted octanol–water partition coefficient (Wildman–Crippen LogP) is 2.88. The Labute approximate surface area is 143 Å². The van der Waals surface area contributed by atoms with Crippen molar-refractivity contribution in [2.24, 2.45) is 0 Å². The topological polar surface area (TPSA) is 63.2 Å². The van der Waals surface area contributed by atoms with E-state index in [1.165, 1.54) is 13.2 Å². The van der Waals surface area contributed by atoms with Gasteiger partial charge >= 0.3 is 6.18 Å². The van der Waals surface area contributed by atoms with Gasteiger partial charge in [0.05, 0.1) is 19.1 Å². The van der Waals surface area contributed by atoms with Gasteiger partial charge in [-0.15, -0.1) is 0 Å². The van der Waals surface area contributed by atoms with Crippen LogP contribution in [0.25, 0.3) is 0 Å². The lowest BCUT2D eigenvalue weighted by Gasteiger charge is -2.10. The van der Waals surface area contributed by atoms with Gasteiger partial charge in [-0.1, -0.05) is 18.2 Å². The minimum atomic E-state index is -4.40. The molecule has 0 aliphatic carbocycles. The Morgan fingerprint density at radius 2 is 1.92 bits per heavy atom. The molecule has 0 radical (unpaired) electrons. The van der Waals surface area contributed by atoms with Crippen molar-refractivity contribution >= 4 is 11.7 Å². The van der Waals surface area contributed by atoms with Gasteiger partial charge in [0.15, 0.2) is 0 Å². The number of pyridine rings is 1. The number of rotatable bonds is 7. The van der Waals surface area contributed by atoms with Gasteiger partial charge in [0.25, 0.3) is 0 Å². The van der Waals surface area contributed by atoms with E-state index >= 15 is 0 Å². The number of carbonyl (C=O) groups is 1. The molecule has 0 spiro atoms. The number of halogens is 3. The normalized spacial score (nSPS) is 11.0. The summed E-state index contributed by atoms with van der Waals surface area (Å²) < 4.78 is 42.5. The van der Waals surface area contributed by atoms with E-state index < -0.39 is 11.7 Å². The van der Waals surface area contributed by atoms with Crippen molar-refractivity contribution in [1.82, 2.24) is 10.3 Å². The molecule has 0 saturated heterocycles. The number of anilines is 1.